The first-order valence-corrected chi connectivity index (χ1v) is 8.68. The summed E-state index contributed by atoms with van der Waals surface area (Å²) in [6.07, 6.45) is 0.836. The average molecular weight is 332 g/mol. The van der Waals surface area contributed by atoms with Crippen LogP contribution in [0.4, 0.5) is 11.4 Å². The third-order valence-corrected chi connectivity index (χ3v) is 5.74. The van der Waals surface area contributed by atoms with Gasteiger partial charge < -0.3 is 0 Å². The molecule has 1 atom stereocenters. The minimum Gasteiger partial charge on any atom is -0.266 e. The molecule has 0 radical (unpaired) electrons. The van der Waals surface area contributed by atoms with E-state index in [0.717, 1.165) is 12.0 Å². The quantitative estimate of drug-likeness (QED) is 0.639. The number of non-ortho nitro benzene ring substituents is 1. The molecule has 0 saturated carbocycles. The topological polar surface area (TPSA) is 80.5 Å². The van der Waals surface area contributed by atoms with Crippen molar-refractivity contribution in [2.24, 2.45) is 5.92 Å². The fraction of sp³-hybridized carbons (Fsp3) is 0.250. The summed E-state index contributed by atoms with van der Waals surface area (Å²) in [5.74, 6) is 0.206. The molecule has 120 valence electrons. The third kappa shape index (κ3) is 2.79. The molecule has 1 aliphatic rings. The second-order valence-electron chi connectivity index (χ2n) is 5.73. The van der Waals surface area contributed by atoms with Crippen molar-refractivity contribution in [1.29, 1.82) is 0 Å². The molecular weight excluding hydrogens is 316 g/mol. The van der Waals surface area contributed by atoms with Gasteiger partial charge in [-0.05, 0) is 36.1 Å². The van der Waals surface area contributed by atoms with E-state index >= 15 is 0 Å². The van der Waals surface area contributed by atoms with Crippen LogP contribution in [0.25, 0.3) is 0 Å². The van der Waals surface area contributed by atoms with Crippen LogP contribution in [0.2, 0.25) is 0 Å². The zero-order valence-electron chi connectivity index (χ0n) is 12.5. The van der Waals surface area contributed by atoms with Crippen LogP contribution in [0, 0.1) is 16.0 Å². The van der Waals surface area contributed by atoms with E-state index in [1.165, 1.54) is 28.6 Å². The zero-order chi connectivity index (χ0) is 16.6. The van der Waals surface area contributed by atoms with Gasteiger partial charge in [0.1, 0.15) is 0 Å². The smallest absolute Gasteiger partial charge is 0.266 e. The molecule has 2 aromatic rings. The van der Waals surface area contributed by atoms with Crippen LogP contribution < -0.4 is 4.31 Å². The van der Waals surface area contributed by atoms with Crippen LogP contribution in [-0.4, -0.2) is 19.9 Å². The van der Waals surface area contributed by atoms with Crippen molar-refractivity contribution in [2.45, 2.75) is 18.2 Å². The van der Waals surface area contributed by atoms with E-state index in [1.807, 2.05) is 25.1 Å². The van der Waals surface area contributed by atoms with Crippen LogP contribution in [0.3, 0.4) is 0 Å². The first kappa shape index (κ1) is 15.5. The Balaban J connectivity index is 2.04. The summed E-state index contributed by atoms with van der Waals surface area (Å²) in [5, 5.41) is 10.7. The van der Waals surface area contributed by atoms with Gasteiger partial charge in [0.2, 0.25) is 0 Å². The predicted octanol–water partition coefficient (Wildman–Crippen LogP) is 2.98. The molecule has 0 fully saturated rings. The van der Waals surface area contributed by atoms with Gasteiger partial charge in [-0.3, -0.25) is 14.4 Å². The van der Waals surface area contributed by atoms with Crippen LogP contribution in [0.15, 0.2) is 53.4 Å². The minimum absolute atomic E-state index is 0.0620. The molecule has 1 aliphatic heterocycles. The Morgan fingerprint density at radius 2 is 1.78 bits per heavy atom. The number of hydrogen-bond donors (Lipinski definition) is 0. The molecule has 0 aliphatic carbocycles. The minimum atomic E-state index is -3.74. The summed E-state index contributed by atoms with van der Waals surface area (Å²) in [5.41, 5.74) is 1.55. The second-order valence-corrected chi connectivity index (χ2v) is 7.59. The van der Waals surface area contributed by atoms with Gasteiger partial charge in [-0.2, -0.15) is 0 Å². The number of nitro benzene ring substituents is 1. The van der Waals surface area contributed by atoms with Crippen molar-refractivity contribution in [3.63, 3.8) is 0 Å². The van der Waals surface area contributed by atoms with Gasteiger partial charge in [-0.1, -0.05) is 25.1 Å². The highest BCUT2D eigenvalue weighted by molar-refractivity contribution is 7.92. The summed E-state index contributed by atoms with van der Waals surface area (Å²) >= 11 is 0. The normalized spacial score (nSPS) is 17.6. The van der Waals surface area contributed by atoms with E-state index in [9.17, 15) is 18.5 Å². The number of fused-ring (bicyclic) bond motifs is 1. The number of rotatable bonds is 3. The summed E-state index contributed by atoms with van der Waals surface area (Å²) in [4.78, 5) is 10.2. The van der Waals surface area contributed by atoms with E-state index in [2.05, 4.69) is 0 Å². The molecule has 1 heterocycles. The lowest BCUT2D eigenvalue weighted by molar-refractivity contribution is -0.384. The maximum Gasteiger partial charge on any atom is 0.269 e. The highest BCUT2D eigenvalue weighted by Crippen LogP contribution is 2.34. The first-order valence-electron chi connectivity index (χ1n) is 7.24. The molecule has 7 heteroatoms. The Kier molecular flexibility index (Phi) is 3.81. The predicted molar refractivity (Wildman–Crippen MR) is 86.9 cm³/mol. The maximum absolute atomic E-state index is 12.9. The monoisotopic (exact) mass is 332 g/mol. The molecule has 6 nitrogen and oxygen atoms in total. The average Bonchev–Trinajstić information content (AvgIpc) is 2.54. The van der Waals surface area contributed by atoms with Gasteiger partial charge in [-0.15, -0.1) is 0 Å². The van der Waals surface area contributed by atoms with E-state index in [0.29, 0.717) is 12.2 Å². The summed E-state index contributed by atoms with van der Waals surface area (Å²) in [6, 6.07) is 12.4. The Bertz CT molecular complexity index is 847. The SMILES string of the molecule is CC1Cc2ccccc2N(S(=O)(=O)c2ccc([N+](=O)[O-])cc2)C1. The number of hydrogen-bond acceptors (Lipinski definition) is 4. The Morgan fingerprint density at radius 1 is 1.13 bits per heavy atom. The second kappa shape index (κ2) is 5.66. The highest BCUT2D eigenvalue weighted by Gasteiger charge is 2.31. The number of nitro groups is 1. The molecule has 23 heavy (non-hydrogen) atoms. The molecule has 0 aromatic heterocycles. The Hall–Kier alpha value is -2.41. The summed E-state index contributed by atoms with van der Waals surface area (Å²) in [7, 11) is -3.74. The lowest BCUT2D eigenvalue weighted by Crippen LogP contribution is -2.39. The van der Waals surface area contributed by atoms with Gasteiger partial charge in [0.05, 0.1) is 15.5 Å². The molecule has 0 bridgehead atoms. The maximum atomic E-state index is 12.9. The van der Waals surface area contributed by atoms with Gasteiger partial charge in [-0.25, -0.2) is 8.42 Å². The Labute approximate surface area is 134 Å². The number of sulfonamides is 1. The molecule has 0 saturated heterocycles. The molecule has 1 unspecified atom stereocenters. The largest absolute Gasteiger partial charge is 0.269 e. The summed E-state index contributed by atoms with van der Waals surface area (Å²) in [6.45, 7) is 2.41. The van der Waals surface area contributed by atoms with E-state index in [1.54, 1.807) is 6.07 Å². The number of anilines is 1. The van der Waals surface area contributed by atoms with Gasteiger partial charge >= 0.3 is 0 Å². The van der Waals surface area contributed by atoms with Crippen LogP contribution in [0.1, 0.15) is 12.5 Å². The van der Waals surface area contributed by atoms with Crippen LogP contribution in [0.5, 0.6) is 0 Å². The van der Waals surface area contributed by atoms with Gasteiger partial charge in [0, 0.05) is 18.7 Å². The fourth-order valence-electron chi connectivity index (χ4n) is 2.84. The third-order valence-electron chi connectivity index (χ3n) is 3.94. The molecular formula is C16H16N2O4S. The molecule has 2 aromatic carbocycles. The van der Waals surface area contributed by atoms with E-state index in [-0.39, 0.29) is 16.5 Å². The summed E-state index contributed by atoms with van der Waals surface area (Å²) < 4.78 is 27.3. The van der Waals surface area contributed by atoms with E-state index < -0.39 is 14.9 Å². The van der Waals surface area contributed by atoms with Crippen molar-refractivity contribution in [3.8, 4) is 0 Å². The van der Waals surface area contributed by atoms with Crippen molar-refractivity contribution in [3.05, 3.63) is 64.2 Å². The molecule has 0 N–H and O–H groups in total. The van der Waals surface area contributed by atoms with Crippen molar-refractivity contribution in [2.75, 3.05) is 10.8 Å². The van der Waals surface area contributed by atoms with E-state index in [4.69, 9.17) is 0 Å². The van der Waals surface area contributed by atoms with Crippen molar-refractivity contribution in [1.82, 2.24) is 0 Å². The standard InChI is InChI=1S/C16H16N2O4S/c1-12-10-13-4-2-3-5-16(13)17(11-12)23(21,22)15-8-6-14(7-9-15)18(19)20/h2-9,12H,10-11H2,1H3. The molecule has 0 spiro atoms. The lowest BCUT2D eigenvalue weighted by atomic mass is 9.96. The highest BCUT2D eigenvalue weighted by atomic mass is 32.2. The van der Waals surface area contributed by atoms with Crippen LogP contribution in [-0.2, 0) is 16.4 Å². The Morgan fingerprint density at radius 3 is 2.43 bits per heavy atom. The van der Waals surface area contributed by atoms with Crippen molar-refractivity contribution >= 4 is 21.4 Å². The fourth-order valence-corrected chi connectivity index (χ4v) is 4.47. The first-order chi connectivity index (χ1) is 10.9. The molecule has 0 amide bonds. The van der Waals surface area contributed by atoms with Crippen molar-refractivity contribution < 1.29 is 13.3 Å². The lowest BCUT2D eigenvalue weighted by Gasteiger charge is -2.33. The van der Waals surface area contributed by atoms with Gasteiger partial charge in [0.25, 0.3) is 15.7 Å². The van der Waals surface area contributed by atoms with Gasteiger partial charge in [0.15, 0.2) is 0 Å². The number of nitrogens with zero attached hydrogens (tertiary/aromatic N) is 2. The number of para-hydroxylation sites is 1. The number of benzene rings is 2. The van der Waals surface area contributed by atoms with Crippen LogP contribution >= 0.6 is 0 Å². The molecule has 3 rings (SSSR count). The zero-order valence-corrected chi connectivity index (χ0v) is 13.4.